The highest BCUT2D eigenvalue weighted by Gasteiger charge is 2.28. The van der Waals surface area contributed by atoms with Gasteiger partial charge < -0.3 is 5.11 Å². The molecule has 0 fully saturated rings. The summed E-state index contributed by atoms with van der Waals surface area (Å²) in [6.45, 7) is 2.16. The fraction of sp³-hybridized carbons (Fsp3) is 0.625. The summed E-state index contributed by atoms with van der Waals surface area (Å²) in [6.07, 6.45) is 13.7. The lowest BCUT2D eigenvalue weighted by molar-refractivity contribution is -0.137. The van der Waals surface area contributed by atoms with Gasteiger partial charge in [-0.3, -0.25) is 9.59 Å². The van der Waals surface area contributed by atoms with Crippen molar-refractivity contribution in [2.24, 2.45) is 11.8 Å². The quantitative estimate of drug-likeness (QED) is 0.509. The number of hydrogen-bond acceptors (Lipinski definition) is 2. The van der Waals surface area contributed by atoms with Crippen LogP contribution in [0.2, 0.25) is 0 Å². The SMILES string of the molecule is CCCCC1C=CC(=O)C1CC=CCCCC(=O)O. The van der Waals surface area contributed by atoms with E-state index in [0.29, 0.717) is 12.3 Å². The third-order valence-corrected chi connectivity index (χ3v) is 3.60. The number of allylic oxidation sites excluding steroid dienone is 4. The smallest absolute Gasteiger partial charge is 0.303 e. The number of hydrogen-bond donors (Lipinski definition) is 1. The van der Waals surface area contributed by atoms with Crippen LogP contribution in [0, 0.1) is 11.8 Å². The van der Waals surface area contributed by atoms with E-state index in [2.05, 4.69) is 13.0 Å². The Morgan fingerprint density at radius 1 is 1.37 bits per heavy atom. The van der Waals surface area contributed by atoms with E-state index in [1.807, 2.05) is 12.2 Å². The molecule has 1 N–H and O–H groups in total. The lowest BCUT2D eigenvalue weighted by Crippen LogP contribution is -2.15. The van der Waals surface area contributed by atoms with Crippen LogP contribution in [0.3, 0.4) is 0 Å². The minimum atomic E-state index is -0.747. The Morgan fingerprint density at radius 3 is 2.84 bits per heavy atom. The highest BCUT2D eigenvalue weighted by atomic mass is 16.4. The second-order valence-corrected chi connectivity index (χ2v) is 5.17. The monoisotopic (exact) mass is 264 g/mol. The Balaban J connectivity index is 2.27. The van der Waals surface area contributed by atoms with Crippen LogP contribution >= 0.6 is 0 Å². The standard InChI is InChI=1S/C16H24O3/c1-2-3-8-13-11-12-15(17)14(13)9-6-4-5-7-10-16(18)19/h4,6,11-14H,2-3,5,7-10H2,1H3,(H,18,19). The van der Waals surface area contributed by atoms with Crippen molar-refractivity contribution < 1.29 is 14.7 Å². The Bertz CT molecular complexity index is 355. The lowest BCUT2D eigenvalue weighted by Gasteiger charge is -2.15. The van der Waals surface area contributed by atoms with Gasteiger partial charge in [0.2, 0.25) is 0 Å². The molecule has 0 aromatic heterocycles. The van der Waals surface area contributed by atoms with Crippen LogP contribution in [-0.2, 0) is 9.59 Å². The van der Waals surface area contributed by atoms with Crippen molar-refractivity contribution in [3.63, 3.8) is 0 Å². The van der Waals surface area contributed by atoms with E-state index in [1.165, 1.54) is 6.42 Å². The molecule has 2 unspecified atom stereocenters. The molecule has 1 aliphatic rings. The molecular formula is C16H24O3. The average molecular weight is 264 g/mol. The zero-order valence-electron chi connectivity index (χ0n) is 11.7. The van der Waals surface area contributed by atoms with Gasteiger partial charge in [0.05, 0.1) is 0 Å². The number of rotatable bonds is 9. The van der Waals surface area contributed by atoms with E-state index >= 15 is 0 Å². The molecule has 3 heteroatoms. The minimum absolute atomic E-state index is 0.113. The second-order valence-electron chi connectivity index (χ2n) is 5.17. The van der Waals surface area contributed by atoms with E-state index in [-0.39, 0.29) is 18.1 Å². The molecule has 2 atom stereocenters. The van der Waals surface area contributed by atoms with Crippen LogP contribution in [0.5, 0.6) is 0 Å². The van der Waals surface area contributed by atoms with Crippen LogP contribution in [0.1, 0.15) is 51.9 Å². The number of unbranched alkanes of at least 4 members (excludes halogenated alkanes) is 2. The molecule has 1 aliphatic carbocycles. The fourth-order valence-corrected chi connectivity index (χ4v) is 2.45. The van der Waals surface area contributed by atoms with Crippen LogP contribution in [0.15, 0.2) is 24.3 Å². The highest BCUT2D eigenvalue weighted by molar-refractivity contribution is 5.94. The van der Waals surface area contributed by atoms with Crippen molar-refractivity contribution in [1.29, 1.82) is 0 Å². The maximum Gasteiger partial charge on any atom is 0.303 e. The zero-order valence-corrected chi connectivity index (χ0v) is 11.7. The molecule has 0 spiro atoms. The molecular weight excluding hydrogens is 240 g/mol. The van der Waals surface area contributed by atoms with Crippen molar-refractivity contribution in [3.8, 4) is 0 Å². The first kappa shape index (κ1) is 15.7. The van der Waals surface area contributed by atoms with Crippen molar-refractivity contribution in [2.45, 2.75) is 51.9 Å². The molecule has 106 valence electrons. The molecule has 3 nitrogen and oxygen atoms in total. The summed E-state index contributed by atoms with van der Waals surface area (Å²) in [4.78, 5) is 22.1. The van der Waals surface area contributed by atoms with Gasteiger partial charge in [0.25, 0.3) is 0 Å². The molecule has 0 aromatic carbocycles. The van der Waals surface area contributed by atoms with Gasteiger partial charge in [0.15, 0.2) is 5.78 Å². The molecule has 0 aliphatic heterocycles. The third kappa shape index (κ3) is 5.86. The van der Waals surface area contributed by atoms with Gasteiger partial charge in [-0.25, -0.2) is 0 Å². The van der Waals surface area contributed by atoms with Gasteiger partial charge in [0, 0.05) is 12.3 Å². The van der Waals surface area contributed by atoms with Gasteiger partial charge in [-0.15, -0.1) is 0 Å². The second kappa shape index (κ2) is 8.68. The van der Waals surface area contributed by atoms with E-state index in [4.69, 9.17) is 5.11 Å². The first-order chi connectivity index (χ1) is 9.15. The molecule has 0 bridgehead atoms. The predicted octanol–water partition coefficient (Wildman–Crippen LogP) is 3.75. The molecule has 0 radical (unpaired) electrons. The first-order valence-corrected chi connectivity index (χ1v) is 7.24. The number of carboxylic acids is 1. The Hall–Kier alpha value is -1.38. The summed E-state index contributed by atoms with van der Waals surface area (Å²) >= 11 is 0. The van der Waals surface area contributed by atoms with Crippen LogP contribution < -0.4 is 0 Å². The number of ketones is 1. The molecule has 1 rings (SSSR count). The highest BCUT2D eigenvalue weighted by Crippen LogP contribution is 2.30. The first-order valence-electron chi connectivity index (χ1n) is 7.24. The summed E-state index contributed by atoms with van der Waals surface area (Å²) in [6, 6.07) is 0. The van der Waals surface area contributed by atoms with E-state index in [0.717, 1.165) is 25.7 Å². The van der Waals surface area contributed by atoms with Crippen molar-refractivity contribution in [1.82, 2.24) is 0 Å². The molecule has 0 heterocycles. The molecule has 0 aromatic rings. The molecule has 0 saturated carbocycles. The van der Waals surface area contributed by atoms with Gasteiger partial charge in [-0.1, -0.05) is 38.0 Å². The van der Waals surface area contributed by atoms with Crippen LogP contribution in [-0.4, -0.2) is 16.9 Å². The number of aliphatic carboxylic acids is 1. The number of carbonyl (C=O) groups excluding carboxylic acids is 1. The van der Waals surface area contributed by atoms with Gasteiger partial charge >= 0.3 is 5.97 Å². The summed E-state index contributed by atoms with van der Waals surface area (Å²) in [7, 11) is 0. The van der Waals surface area contributed by atoms with Crippen molar-refractivity contribution in [3.05, 3.63) is 24.3 Å². The summed E-state index contributed by atoms with van der Waals surface area (Å²) in [5.41, 5.74) is 0. The van der Waals surface area contributed by atoms with Gasteiger partial charge in [-0.05, 0) is 37.7 Å². The van der Waals surface area contributed by atoms with Crippen molar-refractivity contribution >= 4 is 11.8 Å². The normalized spacial score (nSPS) is 22.5. The van der Waals surface area contributed by atoms with E-state index in [9.17, 15) is 9.59 Å². The maximum atomic E-state index is 11.8. The number of carbonyl (C=O) groups is 2. The van der Waals surface area contributed by atoms with Gasteiger partial charge in [0.1, 0.15) is 0 Å². The molecule has 0 amide bonds. The van der Waals surface area contributed by atoms with Crippen LogP contribution in [0.25, 0.3) is 0 Å². The van der Waals surface area contributed by atoms with Gasteiger partial charge in [-0.2, -0.15) is 0 Å². The third-order valence-electron chi connectivity index (χ3n) is 3.60. The topological polar surface area (TPSA) is 54.4 Å². The van der Waals surface area contributed by atoms with Crippen molar-refractivity contribution in [2.75, 3.05) is 0 Å². The number of carboxylic acid groups (broad SMARTS) is 1. The lowest BCUT2D eigenvalue weighted by atomic mass is 9.87. The Labute approximate surface area is 115 Å². The summed E-state index contributed by atoms with van der Waals surface area (Å²) < 4.78 is 0. The van der Waals surface area contributed by atoms with E-state index in [1.54, 1.807) is 6.08 Å². The van der Waals surface area contributed by atoms with E-state index < -0.39 is 5.97 Å². The fourth-order valence-electron chi connectivity index (χ4n) is 2.45. The molecule has 0 saturated heterocycles. The maximum absolute atomic E-state index is 11.8. The average Bonchev–Trinajstić information content (AvgIpc) is 2.72. The largest absolute Gasteiger partial charge is 0.481 e. The van der Waals surface area contributed by atoms with Crippen LogP contribution in [0.4, 0.5) is 0 Å². The zero-order chi connectivity index (χ0) is 14.1. The Kier molecular flexibility index (Phi) is 7.16. The summed E-state index contributed by atoms with van der Waals surface area (Å²) in [5.74, 6) is 0.0119. The molecule has 19 heavy (non-hydrogen) atoms. The minimum Gasteiger partial charge on any atom is -0.481 e. The Morgan fingerprint density at radius 2 is 2.16 bits per heavy atom. The predicted molar refractivity (Wildman–Crippen MR) is 75.9 cm³/mol. The summed E-state index contributed by atoms with van der Waals surface area (Å²) in [5, 5.41) is 8.52.